The molecule has 0 atom stereocenters. The van der Waals surface area contributed by atoms with Crippen LogP contribution in [0.2, 0.25) is 0 Å². The molecule has 76 valence electrons. The molecule has 2 heterocycles. The van der Waals surface area contributed by atoms with Gasteiger partial charge in [-0.1, -0.05) is 0 Å². The van der Waals surface area contributed by atoms with Gasteiger partial charge >= 0.3 is 5.97 Å². The minimum absolute atomic E-state index is 0.209. The van der Waals surface area contributed by atoms with Crippen LogP contribution in [0.1, 0.15) is 9.67 Å². The zero-order chi connectivity index (χ0) is 10.8. The van der Waals surface area contributed by atoms with Gasteiger partial charge in [0, 0.05) is 11.8 Å². The van der Waals surface area contributed by atoms with Crippen LogP contribution in [0.4, 0.5) is 5.82 Å². The highest BCUT2D eigenvalue weighted by Crippen LogP contribution is 2.25. The van der Waals surface area contributed by atoms with E-state index in [2.05, 4.69) is 9.97 Å². The largest absolute Gasteiger partial charge is 0.477 e. The molecule has 0 spiro atoms. The van der Waals surface area contributed by atoms with Crippen LogP contribution in [0.25, 0.3) is 10.6 Å². The zero-order valence-electron chi connectivity index (χ0n) is 7.54. The molecule has 0 aliphatic heterocycles. The summed E-state index contributed by atoms with van der Waals surface area (Å²) in [5.74, 6) is -0.583. The molecule has 0 amide bonds. The number of nitrogens with two attached hydrogens (primary N) is 1. The fourth-order valence-electron chi connectivity index (χ4n) is 1.09. The number of nitrogens with zero attached hydrogens (tertiary/aromatic N) is 2. The number of aromatic nitrogens is 2. The lowest BCUT2D eigenvalue weighted by molar-refractivity contribution is 0.0702. The molecule has 0 unspecified atom stereocenters. The highest BCUT2D eigenvalue weighted by atomic mass is 32.1. The van der Waals surface area contributed by atoms with Crippen molar-refractivity contribution in [3.8, 4) is 10.6 Å². The molecule has 0 aliphatic rings. The number of nitrogen functional groups attached to an aromatic ring is 1. The fourth-order valence-corrected chi connectivity index (χ4v) is 1.84. The van der Waals surface area contributed by atoms with Crippen molar-refractivity contribution in [3.63, 3.8) is 0 Å². The Bertz CT molecular complexity index is 510. The second kappa shape index (κ2) is 3.66. The zero-order valence-corrected chi connectivity index (χ0v) is 8.36. The minimum atomic E-state index is -0.972. The van der Waals surface area contributed by atoms with E-state index in [0.717, 1.165) is 16.9 Å². The Morgan fingerprint density at radius 1 is 1.47 bits per heavy atom. The van der Waals surface area contributed by atoms with Crippen molar-refractivity contribution in [2.24, 2.45) is 0 Å². The molecule has 15 heavy (non-hydrogen) atoms. The third kappa shape index (κ3) is 1.94. The summed E-state index contributed by atoms with van der Waals surface area (Å²) in [6.45, 7) is 0. The predicted molar refractivity (Wildman–Crippen MR) is 56.7 cm³/mol. The molecule has 2 rings (SSSR count). The van der Waals surface area contributed by atoms with Crippen LogP contribution >= 0.6 is 11.3 Å². The molecule has 0 radical (unpaired) electrons. The molecule has 5 nitrogen and oxygen atoms in total. The smallest absolute Gasteiger partial charge is 0.347 e. The maximum atomic E-state index is 10.6. The molecule has 2 aromatic heterocycles. The third-order valence-electron chi connectivity index (χ3n) is 1.74. The first-order chi connectivity index (χ1) is 7.16. The highest BCUT2D eigenvalue weighted by molar-refractivity contribution is 7.16. The summed E-state index contributed by atoms with van der Waals surface area (Å²) >= 11 is 1.11. The van der Waals surface area contributed by atoms with Crippen molar-refractivity contribution >= 4 is 23.1 Å². The van der Waals surface area contributed by atoms with E-state index < -0.39 is 5.97 Å². The maximum Gasteiger partial charge on any atom is 0.347 e. The number of anilines is 1. The Kier molecular flexibility index (Phi) is 2.34. The second-order valence-corrected chi connectivity index (χ2v) is 3.83. The summed E-state index contributed by atoms with van der Waals surface area (Å²) in [6.07, 6.45) is 2.89. The molecule has 2 aromatic rings. The first-order valence-electron chi connectivity index (χ1n) is 4.08. The Hall–Kier alpha value is -1.95. The first kappa shape index (κ1) is 9.60. The molecule has 0 saturated heterocycles. The van der Waals surface area contributed by atoms with Crippen molar-refractivity contribution in [1.29, 1.82) is 0 Å². The summed E-state index contributed by atoms with van der Waals surface area (Å²) < 4.78 is 0. The molecule has 0 aromatic carbocycles. The summed E-state index contributed by atoms with van der Waals surface area (Å²) in [6, 6.07) is 3.39. The van der Waals surface area contributed by atoms with Gasteiger partial charge in [0.1, 0.15) is 15.7 Å². The van der Waals surface area contributed by atoms with Crippen molar-refractivity contribution < 1.29 is 9.90 Å². The summed E-state index contributed by atoms with van der Waals surface area (Å²) in [5, 5.41) is 9.36. The highest BCUT2D eigenvalue weighted by Gasteiger charge is 2.09. The number of hydrogen-bond acceptors (Lipinski definition) is 5. The molecule has 6 heteroatoms. The van der Waals surface area contributed by atoms with Gasteiger partial charge in [-0.15, -0.1) is 11.3 Å². The van der Waals surface area contributed by atoms with Crippen LogP contribution < -0.4 is 5.73 Å². The number of thiazole rings is 1. The molecule has 3 N–H and O–H groups in total. The lowest BCUT2D eigenvalue weighted by Gasteiger charge is -1.95. The molecule has 0 fully saturated rings. The summed E-state index contributed by atoms with van der Waals surface area (Å²) in [7, 11) is 0. The van der Waals surface area contributed by atoms with E-state index in [0.29, 0.717) is 10.8 Å². The lowest BCUT2D eigenvalue weighted by atomic mass is 10.3. The van der Waals surface area contributed by atoms with Crippen LogP contribution in [-0.2, 0) is 0 Å². The molecule has 0 aliphatic carbocycles. The van der Waals surface area contributed by atoms with E-state index in [4.69, 9.17) is 10.8 Å². The van der Waals surface area contributed by atoms with E-state index >= 15 is 0 Å². The van der Waals surface area contributed by atoms with E-state index in [1.165, 1.54) is 6.20 Å². The van der Waals surface area contributed by atoms with Crippen molar-refractivity contribution in [2.75, 3.05) is 5.73 Å². The fraction of sp³-hybridized carbons (Fsp3) is 0. The van der Waals surface area contributed by atoms with Gasteiger partial charge in [0.2, 0.25) is 0 Å². The topological polar surface area (TPSA) is 89.1 Å². The number of carbonyl (C=O) groups is 1. The first-order valence-corrected chi connectivity index (χ1v) is 4.89. The molecular formula is C9H7N3O2S. The van der Waals surface area contributed by atoms with E-state index in [-0.39, 0.29) is 4.88 Å². The van der Waals surface area contributed by atoms with Gasteiger partial charge in [-0.3, -0.25) is 0 Å². The number of hydrogen-bond donors (Lipinski definition) is 2. The van der Waals surface area contributed by atoms with Crippen molar-refractivity contribution in [2.45, 2.75) is 0 Å². The number of carboxylic acid groups (broad SMARTS) is 1. The second-order valence-electron chi connectivity index (χ2n) is 2.80. The Morgan fingerprint density at radius 3 is 2.87 bits per heavy atom. The number of carboxylic acids is 1. The van der Waals surface area contributed by atoms with Gasteiger partial charge in [0.05, 0.1) is 6.20 Å². The average Bonchev–Trinajstić information content (AvgIpc) is 2.66. The van der Waals surface area contributed by atoms with E-state index in [9.17, 15) is 4.79 Å². The van der Waals surface area contributed by atoms with Crippen molar-refractivity contribution in [3.05, 3.63) is 29.4 Å². The minimum Gasteiger partial charge on any atom is -0.477 e. The Labute approximate surface area is 89.2 Å². The molecule has 0 saturated carbocycles. The number of aromatic carboxylic acids is 1. The molecule has 0 bridgehead atoms. The van der Waals surface area contributed by atoms with Gasteiger partial charge in [0.15, 0.2) is 0 Å². The quantitative estimate of drug-likeness (QED) is 0.801. The van der Waals surface area contributed by atoms with Gasteiger partial charge in [0.25, 0.3) is 0 Å². The van der Waals surface area contributed by atoms with Gasteiger partial charge in [-0.2, -0.15) is 0 Å². The van der Waals surface area contributed by atoms with Crippen LogP contribution in [0, 0.1) is 0 Å². The van der Waals surface area contributed by atoms with Crippen LogP contribution in [-0.4, -0.2) is 21.0 Å². The monoisotopic (exact) mass is 221 g/mol. The Morgan fingerprint density at radius 2 is 2.27 bits per heavy atom. The standard InChI is InChI=1S/C9H7N3O2S/c10-7-3-5(1-2-11-7)8-12-4-6(15-8)9(13)14/h1-4H,(H2,10,11)(H,13,14). The van der Waals surface area contributed by atoms with Gasteiger partial charge < -0.3 is 10.8 Å². The summed E-state index contributed by atoms with van der Waals surface area (Å²) in [4.78, 5) is 18.7. The van der Waals surface area contributed by atoms with Crippen LogP contribution in [0.3, 0.4) is 0 Å². The number of rotatable bonds is 2. The van der Waals surface area contributed by atoms with Crippen LogP contribution in [0.15, 0.2) is 24.5 Å². The van der Waals surface area contributed by atoms with Crippen LogP contribution in [0.5, 0.6) is 0 Å². The normalized spacial score (nSPS) is 10.1. The SMILES string of the molecule is Nc1cc(-c2ncc(C(=O)O)s2)ccn1. The van der Waals surface area contributed by atoms with Gasteiger partial charge in [-0.05, 0) is 12.1 Å². The Balaban J connectivity index is 2.41. The maximum absolute atomic E-state index is 10.6. The van der Waals surface area contributed by atoms with E-state index in [1.54, 1.807) is 18.3 Å². The lowest BCUT2D eigenvalue weighted by Crippen LogP contribution is -1.89. The predicted octanol–water partition coefficient (Wildman–Crippen LogP) is 1.49. The van der Waals surface area contributed by atoms with Gasteiger partial charge in [-0.25, -0.2) is 14.8 Å². The molecular weight excluding hydrogens is 214 g/mol. The summed E-state index contributed by atoms with van der Waals surface area (Å²) in [5.41, 5.74) is 6.29. The third-order valence-corrected chi connectivity index (χ3v) is 2.78. The van der Waals surface area contributed by atoms with Crippen molar-refractivity contribution in [1.82, 2.24) is 9.97 Å². The van der Waals surface area contributed by atoms with E-state index in [1.807, 2.05) is 0 Å². The average molecular weight is 221 g/mol. The number of pyridine rings is 1.